The molecule has 6 heteroatoms. The Labute approximate surface area is 144 Å². The van der Waals surface area contributed by atoms with E-state index in [-0.39, 0.29) is 36.6 Å². The summed E-state index contributed by atoms with van der Waals surface area (Å²) in [5.41, 5.74) is 1.20. The number of aromatic hydroxyl groups is 1. The number of nitrogens with zero attached hydrogens (tertiary/aromatic N) is 2. The molecule has 1 aliphatic heterocycles. The molecule has 2 rings (SSSR count). The van der Waals surface area contributed by atoms with Gasteiger partial charge in [-0.2, -0.15) is 5.26 Å². The number of nitrogens with one attached hydrogen (secondary N) is 1. The van der Waals surface area contributed by atoms with Crippen LogP contribution in [0.3, 0.4) is 0 Å². The van der Waals surface area contributed by atoms with Gasteiger partial charge in [0.15, 0.2) is 0 Å². The van der Waals surface area contributed by atoms with E-state index in [1.807, 2.05) is 24.3 Å². The minimum absolute atomic E-state index is 0. The van der Waals surface area contributed by atoms with Gasteiger partial charge >= 0.3 is 0 Å². The summed E-state index contributed by atoms with van der Waals surface area (Å²) in [5, 5.41) is 22.7. The fourth-order valence-corrected chi connectivity index (χ4v) is 2.72. The quantitative estimate of drug-likeness (QED) is 0.806. The zero-order valence-corrected chi connectivity index (χ0v) is 14.1. The molecule has 0 aliphatic carbocycles. The van der Waals surface area contributed by atoms with Crippen LogP contribution in [0.2, 0.25) is 0 Å². The number of phenolic OH excluding ortho intramolecular Hbond substituents is 1. The first-order valence-electron chi connectivity index (χ1n) is 7.05. The number of phenols is 1. The van der Waals surface area contributed by atoms with E-state index in [4.69, 9.17) is 5.26 Å². The highest BCUT2D eigenvalue weighted by Crippen LogP contribution is 2.34. The number of hydrogen-bond donors (Lipinski definition) is 2. The molecule has 1 fully saturated rings. The average molecular weight is 344 g/mol. The number of hydrogen-bond acceptors (Lipinski definition) is 4. The minimum Gasteiger partial charge on any atom is -0.506 e. The van der Waals surface area contributed by atoms with Gasteiger partial charge in [-0.25, -0.2) is 0 Å². The highest BCUT2D eigenvalue weighted by molar-refractivity contribution is 5.85. The van der Waals surface area contributed by atoms with Crippen LogP contribution < -0.4 is 5.32 Å². The highest BCUT2D eigenvalue weighted by atomic mass is 35.5. The molecule has 1 atom stereocenters. The summed E-state index contributed by atoms with van der Waals surface area (Å²) >= 11 is 0. The van der Waals surface area contributed by atoms with Gasteiger partial charge in [0.25, 0.3) is 0 Å². The van der Waals surface area contributed by atoms with Crippen LogP contribution in [0.4, 0.5) is 0 Å². The number of benzene rings is 1. The van der Waals surface area contributed by atoms with Gasteiger partial charge in [0.1, 0.15) is 11.8 Å². The first-order chi connectivity index (χ1) is 9.77. The second kappa shape index (κ2) is 10.5. The standard InChI is InChI=1S/C16H21N3O.2ClH/c1-2-3-7-15(19-10-8-18-9-11-19)14-6-4-5-13(12-17)16(14)20;;/h2,4-6,15,18,20H,1,3,7-11H2;2*1H/t15-;;/m1../s1. The highest BCUT2D eigenvalue weighted by Gasteiger charge is 2.24. The number of nitriles is 1. The zero-order chi connectivity index (χ0) is 14.4. The van der Waals surface area contributed by atoms with E-state index in [2.05, 4.69) is 16.8 Å². The SMILES string of the molecule is C=CCC[C@H](c1cccc(C#N)c1O)N1CCNCC1.Cl.Cl. The summed E-state index contributed by atoms with van der Waals surface area (Å²) in [5.74, 6) is 0.127. The predicted octanol–water partition coefficient (Wildman–Crippen LogP) is 3.02. The second-order valence-corrected chi connectivity index (χ2v) is 5.02. The Hall–Kier alpha value is -1.25. The van der Waals surface area contributed by atoms with Crippen LogP contribution >= 0.6 is 24.8 Å². The van der Waals surface area contributed by atoms with Gasteiger partial charge in [-0.15, -0.1) is 31.4 Å². The Morgan fingerprint density at radius 2 is 2.05 bits per heavy atom. The zero-order valence-electron chi connectivity index (χ0n) is 12.5. The van der Waals surface area contributed by atoms with Crippen molar-refractivity contribution >= 4 is 24.8 Å². The lowest BCUT2D eigenvalue weighted by molar-refractivity contribution is 0.163. The third kappa shape index (κ3) is 4.89. The third-order valence-electron chi connectivity index (χ3n) is 3.78. The van der Waals surface area contributed by atoms with Crippen LogP contribution in [0.5, 0.6) is 5.75 Å². The molecule has 0 spiro atoms. The smallest absolute Gasteiger partial charge is 0.138 e. The average Bonchev–Trinajstić information content (AvgIpc) is 2.50. The lowest BCUT2D eigenvalue weighted by Crippen LogP contribution is -2.45. The maximum atomic E-state index is 10.3. The van der Waals surface area contributed by atoms with E-state index in [1.54, 1.807) is 6.07 Å². The molecule has 1 saturated heterocycles. The molecule has 0 amide bonds. The Balaban J connectivity index is 0.00000220. The van der Waals surface area contributed by atoms with E-state index in [9.17, 15) is 5.11 Å². The molecule has 2 N–H and O–H groups in total. The lowest BCUT2D eigenvalue weighted by Gasteiger charge is -2.35. The van der Waals surface area contributed by atoms with Gasteiger partial charge in [-0.3, -0.25) is 4.90 Å². The van der Waals surface area contributed by atoms with Crippen molar-refractivity contribution in [2.45, 2.75) is 18.9 Å². The fourth-order valence-electron chi connectivity index (χ4n) is 2.72. The Morgan fingerprint density at radius 3 is 2.64 bits per heavy atom. The van der Waals surface area contributed by atoms with E-state index in [0.29, 0.717) is 5.56 Å². The lowest BCUT2D eigenvalue weighted by atomic mass is 9.96. The maximum absolute atomic E-state index is 10.3. The molecule has 0 unspecified atom stereocenters. The number of allylic oxidation sites excluding steroid dienone is 1. The topological polar surface area (TPSA) is 59.3 Å². The van der Waals surface area contributed by atoms with Gasteiger partial charge in [0.2, 0.25) is 0 Å². The summed E-state index contributed by atoms with van der Waals surface area (Å²) in [6.07, 6.45) is 3.71. The molecule has 0 bridgehead atoms. The normalized spacial score (nSPS) is 15.8. The summed E-state index contributed by atoms with van der Waals surface area (Å²) in [7, 11) is 0. The molecule has 1 heterocycles. The first-order valence-corrected chi connectivity index (χ1v) is 7.05. The monoisotopic (exact) mass is 343 g/mol. The van der Waals surface area contributed by atoms with E-state index < -0.39 is 0 Å². The van der Waals surface area contributed by atoms with Crippen molar-refractivity contribution in [1.29, 1.82) is 5.26 Å². The van der Waals surface area contributed by atoms with Crippen molar-refractivity contribution in [3.05, 3.63) is 42.0 Å². The van der Waals surface area contributed by atoms with Crippen molar-refractivity contribution in [2.75, 3.05) is 26.2 Å². The van der Waals surface area contributed by atoms with Crippen molar-refractivity contribution < 1.29 is 5.11 Å². The van der Waals surface area contributed by atoms with Crippen molar-refractivity contribution in [3.63, 3.8) is 0 Å². The van der Waals surface area contributed by atoms with Crippen LogP contribution in [-0.2, 0) is 0 Å². The number of para-hydroxylation sites is 1. The summed E-state index contributed by atoms with van der Waals surface area (Å²) in [6.45, 7) is 7.62. The Morgan fingerprint density at radius 1 is 1.36 bits per heavy atom. The number of halogens is 2. The molecule has 1 aliphatic rings. The molecule has 0 aromatic heterocycles. The molecule has 0 saturated carbocycles. The maximum Gasteiger partial charge on any atom is 0.138 e. The molecule has 0 radical (unpaired) electrons. The molecule has 1 aromatic carbocycles. The molecule has 1 aromatic rings. The van der Waals surface area contributed by atoms with Gasteiger partial charge in [0.05, 0.1) is 5.56 Å². The van der Waals surface area contributed by atoms with Crippen LogP contribution in [0.25, 0.3) is 0 Å². The molecular weight excluding hydrogens is 321 g/mol. The van der Waals surface area contributed by atoms with Crippen LogP contribution in [0, 0.1) is 11.3 Å². The van der Waals surface area contributed by atoms with Gasteiger partial charge in [-0.1, -0.05) is 18.2 Å². The van der Waals surface area contributed by atoms with Gasteiger partial charge in [0, 0.05) is 37.8 Å². The van der Waals surface area contributed by atoms with Crippen LogP contribution in [0.1, 0.15) is 30.0 Å². The third-order valence-corrected chi connectivity index (χ3v) is 3.78. The molecule has 4 nitrogen and oxygen atoms in total. The predicted molar refractivity (Wildman–Crippen MR) is 93.9 cm³/mol. The second-order valence-electron chi connectivity index (χ2n) is 5.02. The van der Waals surface area contributed by atoms with E-state index in [1.165, 1.54) is 0 Å². The van der Waals surface area contributed by atoms with E-state index in [0.717, 1.165) is 44.6 Å². The van der Waals surface area contributed by atoms with Gasteiger partial charge < -0.3 is 10.4 Å². The van der Waals surface area contributed by atoms with Crippen LogP contribution in [0.15, 0.2) is 30.9 Å². The fraction of sp³-hybridized carbons (Fsp3) is 0.438. The van der Waals surface area contributed by atoms with E-state index >= 15 is 0 Å². The number of piperazine rings is 1. The molecule has 22 heavy (non-hydrogen) atoms. The van der Waals surface area contributed by atoms with Gasteiger partial charge in [-0.05, 0) is 18.9 Å². The number of rotatable bonds is 5. The summed E-state index contributed by atoms with van der Waals surface area (Å²) < 4.78 is 0. The molecular formula is C16H23Cl2N3O. The van der Waals surface area contributed by atoms with Crippen molar-refractivity contribution in [1.82, 2.24) is 10.2 Å². The summed E-state index contributed by atoms with van der Waals surface area (Å²) in [4.78, 5) is 2.37. The summed E-state index contributed by atoms with van der Waals surface area (Å²) in [6, 6.07) is 7.61. The van der Waals surface area contributed by atoms with Crippen molar-refractivity contribution in [2.24, 2.45) is 0 Å². The minimum atomic E-state index is 0. The first kappa shape index (κ1) is 20.8. The largest absolute Gasteiger partial charge is 0.506 e. The van der Waals surface area contributed by atoms with Crippen LogP contribution in [-0.4, -0.2) is 36.2 Å². The molecule has 122 valence electrons. The Kier molecular flexibility index (Phi) is 9.88. The Bertz CT molecular complexity index is 511. The van der Waals surface area contributed by atoms with Crippen molar-refractivity contribution in [3.8, 4) is 11.8 Å².